The van der Waals surface area contributed by atoms with E-state index in [0.29, 0.717) is 0 Å². The van der Waals surface area contributed by atoms with E-state index in [1.807, 2.05) is 12.4 Å². The van der Waals surface area contributed by atoms with Gasteiger partial charge in [0.05, 0.1) is 0 Å². The first-order chi connectivity index (χ1) is 13.7. The van der Waals surface area contributed by atoms with Crippen molar-refractivity contribution in [1.29, 1.82) is 0 Å². The van der Waals surface area contributed by atoms with Gasteiger partial charge in [0.25, 0.3) is 0 Å². The standard InChI is InChI=1S/C26H16N2.2ClH/c1-13-17-7-9-21-19-5-3-15-11-27-12-16-4-6-20(25(19)23(15)16)22-10-8-18(14(2)28-13)24(17)26(21)22;;/h3-12H,1-2H3;2*1H. The Labute approximate surface area is 185 Å². The summed E-state index contributed by atoms with van der Waals surface area (Å²) in [6, 6.07) is 18.1. The molecule has 0 aliphatic rings. The zero-order valence-corrected chi connectivity index (χ0v) is 18.1. The highest BCUT2D eigenvalue weighted by atomic mass is 35.5. The van der Waals surface area contributed by atoms with Gasteiger partial charge in [-0.05, 0) is 46.2 Å². The highest BCUT2D eigenvalue weighted by Gasteiger charge is 2.18. The molecule has 0 aliphatic carbocycles. The minimum Gasteiger partial charge on any atom is -0.263 e. The topological polar surface area (TPSA) is 25.8 Å². The van der Waals surface area contributed by atoms with Crippen LogP contribution in [0.2, 0.25) is 0 Å². The molecule has 0 aliphatic heterocycles. The van der Waals surface area contributed by atoms with E-state index < -0.39 is 0 Å². The van der Waals surface area contributed by atoms with Gasteiger partial charge in [0.1, 0.15) is 0 Å². The predicted octanol–water partition coefficient (Wildman–Crippen LogP) is 7.73. The Morgan fingerprint density at radius 1 is 0.467 bits per heavy atom. The number of hydrogen-bond acceptors (Lipinski definition) is 2. The lowest BCUT2D eigenvalue weighted by molar-refractivity contribution is 1.17. The SMILES string of the molecule is Cc1nc(C)c2ccc3c4ccc5cncc6ccc(c7ccc1c2c73)c4c65.Cl.Cl. The van der Waals surface area contributed by atoms with E-state index in [9.17, 15) is 0 Å². The highest BCUT2D eigenvalue weighted by Crippen LogP contribution is 2.45. The smallest absolute Gasteiger partial charge is 0.0454 e. The second-order valence-electron chi connectivity index (χ2n) is 7.92. The van der Waals surface area contributed by atoms with Crippen molar-refractivity contribution >= 4 is 89.4 Å². The van der Waals surface area contributed by atoms with Crippen molar-refractivity contribution in [1.82, 2.24) is 9.97 Å². The number of hydrogen-bond donors (Lipinski definition) is 0. The largest absolute Gasteiger partial charge is 0.263 e. The van der Waals surface area contributed by atoms with Crippen LogP contribution in [0.5, 0.6) is 0 Å². The molecular weight excluding hydrogens is 411 g/mol. The minimum atomic E-state index is 0. The lowest BCUT2D eigenvalue weighted by atomic mass is 9.85. The number of halogens is 2. The summed E-state index contributed by atoms with van der Waals surface area (Å²) in [6.07, 6.45) is 3.95. The Hall–Kier alpha value is -2.94. The molecule has 5 aromatic carbocycles. The molecule has 0 unspecified atom stereocenters. The molecule has 7 aromatic rings. The molecule has 0 bridgehead atoms. The fraction of sp³-hybridized carbons (Fsp3) is 0.0769. The van der Waals surface area contributed by atoms with E-state index in [1.165, 1.54) is 64.6 Å². The van der Waals surface area contributed by atoms with Gasteiger partial charge in [-0.3, -0.25) is 9.97 Å². The van der Waals surface area contributed by atoms with Crippen molar-refractivity contribution in [3.05, 3.63) is 72.3 Å². The second kappa shape index (κ2) is 6.28. The average molecular weight is 429 g/mol. The van der Waals surface area contributed by atoms with Crippen LogP contribution in [0.25, 0.3) is 64.6 Å². The molecule has 30 heavy (non-hydrogen) atoms. The van der Waals surface area contributed by atoms with E-state index in [2.05, 4.69) is 67.4 Å². The van der Waals surface area contributed by atoms with Gasteiger partial charge in [0.15, 0.2) is 0 Å². The monoisotopic (exact) mass is 428 g/mol. The maximum atomic E-state index is 4.79. The van der Waals surface area contributed by atoms with Gasteiger partial charge in [-0.1, -0.05) is 48.5 Å². The van der Waals surface area contributed by atoms with Crippen LogP contribution in [-0.4, -0.2) is 9.97 Å². The van der Waals surface area contributed by atoms with Gasteiger partial charge in [-0.2, -0.15) is 0 Å². The highest BCUT2D eigenvalue weighted by molar-refractivity contribution is 6.39. The van der Waals surface area contributed by atoms with Gasteiger partial charge < -0.3 is 0 Å². The van der Waals surface area contributed by atoms with Gasteiger partial charge in [-0.25, -0.2) is 0 Å². The van der Waals surface area contributed by atoms with Crippen LogP contribution in [0.4, 0.5) is 0 Å². The third-order valence-electron chi connectivity index (χ3n) is 6.51. The van der Waals surface area contributed by atoms with Crippen molar-refractivity contribution < 1.29 is 0 Å². The molecule has 2 nitrogen and oxygen atoms in total. The molecule has 0 amide bonds. The van der Waals surface area contributed by atoms with Gasteiger partial charge in [-0.15, -0.1) is 24.8 Å². The van der Waals surface area contributed by atoms with Crippen LogP contribution >= 0.6 is 24.8 Å². The normalized spacial score (nSPS) is 11.8. The summed E-state index contributed by atoms with van der Waals surface area (Å²) in [5.41, 5.74) is 2.21. The number of rotatable bonds is 0. The summed E-state index contributed by atoms with van der Waals surface area (Å²) in [6.45, 7) is 4.24. The molecule has 0 saturated heterocycles. The number of benzene rings is 5. The van der Waals surface area contributed by atoms with Crippen LogP contribution in [0, 0.1) is 13.8 Å². The van der Waals surface area contributed by atoms with Gasteiger partial charge >= 0.3 is 0 Å². The molecule has 0 spiro atoms. The van der Waals surface area contributed by atoms with Crippen molar-refractivity contribution in [3.63, 3.8) is 0 Å². The van der Waals surface area contributed by atoms with Crippen LogP contribution < -0.4 is 0 Å². The van der Waals surface area contributed by atoms with Crippen molar-refractivity contribution in [2.45, 2.75) is 13.8 Å². The molecule has 2 aromatic heterocycles. The molecule has 0 atom stereocenters. The number of nitrogens with zero attached hydrogens (tertiary/aromatic N) is 2. The second-order valence-corrected chi connectivity index (χ2v) is 7.92. The number of fused-ring (bicyclic) bond motifs is 2. The summed E-state index contributed by atoms with van der Waals surface area (Å²) in [7, 11) is 0. The Morgan fingerprint density at radius 2 is 0.833 bits per heavy atom. The van der Waals surface area contributed by atoms with E-state index in [4.69, 9.17) is 4.98 Å². The zero-order chi connectivity index (χ0) is 18.6. The fourth-order valence-electron chi connectivity index (χ4n) is 5.33. The predicted molar refractivity (Wildman–Crippen MR) is 133 cm³/mol. The van der Waals surface area contributed by atoms with Crippen LogP contribution in [0.1, 0.15) is 11.4 Å². The van der Waals surface area contributed by atoms with Gasteiger partial charge in [0, 0.05) is 56.1 Å². The van der Waals surface area contributed by atoms with Crippen molar-refractivity contribution in [3.8, 4) is 0 Å². The van der Waals surface area contributed by atoms with Crippen LogP contribution in [0.15, 0.2) is 60.9 Å². The molecule has 4 heteroatoms. The first kappa shape index (κ1) is 19.0. The first-order valence-electron chi connectivity index (χ1n) is 9.68. The molecule has 146 valence electrons. The van der Waals surface area contributed by atoms with E-state index in [0.717, 1.165) is 11.4 Å². The molecular formula is C26H18Cl2N2. The minimum absolute atomic E-state index is 0. The molecule has 0 fully saturated rings. The first-order valence-corrected chi connectivity index (χ1v) is 9.68. The van der Waals surface area contributed by atoms with Crippen molar-refractivity contribution in [2.24, 2.45) is 0 Å². The summed E-state index contributed by atoms with van der Waals surface area (Å²) >= 11 is 0. The fourth-order valence-corrected chi connectivity index (χ4v) is 5.33. The third kappa shape index (κ3) is 2.10. The summed E-state index contributed by atoms with van der Waals surface area (Å²) in [4.78, 5) is 9.21. The van der Waals surface area contributed by atoms with Crippen molar-refractivity contribution in [2.75, 3.05) is 0 Å². The Balaban J connectivity index is 0.000000963. The summed E-state index contributed by atoms with van der Waals surface area (Å²) in [5, 5.41) is 15.7. The lowest BCUT2D eigenvalue weighted by Gasteiger charge is -2.19. The van der Waals surface area contributed by atoms with Crippen LogP contribution in [0.3, 0.4) is 0 Å². The molecule has 0 saturated carbocycles. The zero-order valence-electron chi connectivity index (χ0n) is 16.5. The van der Waals surface area contributed by atoms with Crippen LogP contribution in [-0.2, 0) is 0 Å². The third-order valence-corrected chi connectivity index (χ3v) is 6.51. The Morgan fingerprint density at radius 3 is 1.33 bits per heavy atom. The Bertz CT molecular complexity index is 1620. The van der Waals surface area contributed by atoms with E-state index in [1.54, 1.807) is 0 Å². The Kier molecular flexibility index (Phi) is 3.99. The maximum Gasteiger partial charge on any atom is 0.0454 e. The summed E-state index contributed by atoms with van der Waals surface area (Å²) in [5.74, 6) is 0. The average Bonchev–Trinajstić information content (AvgIpc) is 2.72. The molecule has 2 heterocycles. The lowest BCUT2D eigenvalue weighted by Crippen LogP contribution is -1.95. The number of aryl methyl sites for hydroxylation is 2. The molecule has 0 radical (unpaired) electrons. The van der Waals surface area contributed by atoms with Gasteiger partial charge in [0.2, 0.25) is 0 Å². The maximum absolute atomic E-state index is 4.79. The number of pyridine rings is 2. The molecule has 0 N–H and O–H groups in total. The molecule has 7 rings (SSSR count). The quantitative estimate of drug-likeness (QED) is 0.182. The summed E-state index contributed by atoms with van der Waals surface area (Å²) < 4.78 is 0. The van der Waals surface area contributed by atoms with E-state index >= 15 is 0 Å². The number of aromatic nitrogens is 2. The van der Waals surface area contributed by atoms with E-state index in [-0.39, 0.29) is 24.8 Å².